The number of alkyl halides is 1. The van der Waals surface area contributed by atoms with Crippen LogP contribution in [0.5, 0.6) is 0 Å². The molecule has 0 saturated heterocycles. The van der Waals surface area contributed by atoms with Gasteiger partial charge in [0.2, 0.25) is 0 Å². The summed E-state index contributed by atoms with van der Waals surface area (Å²) in [6.45, 7) is 1.88. The van der Waals surface area contributed by atoms with E-state index in [-0.39, 0.29) is 0 Å². The summed E-state index contributed by atoms with van der Waals surface area (Å²) in [5.74, 6) is 5.89. The molecule has 11 heavy (non-hydrogen) atoms. The van der Waals surface area contributed by atoms with Crippen LogP contribution in [0.3, 0.4) is 0 Å². The number of allylic oxidation sites excluding steroid dienone is 2. The van der Waals surface area contributed by atoms with E-state index in [0.717, 1.165) is 0 Å². The fourth-order valence-corrected chi connectivity index (χ4v) is 2.01. The molecular weight excluding hydrogens is 200 g/mol. The van der Waals surface area contributed by atoms with Crippen molar-refractivity contribution in [3.8, 4) is 11.8 Å². The van der Waals surface area contributed by atoms with Gasteiger partial charge in [-0.25, -0.2) is 0 Å². The van der Waals surface area contributed by atoms with Gasteiger partial charge in [0.15, 0.2) is 0 Å². The molecule has 1 fully saturated rings. The predicted molar refractivity (Wildman–Crippen MR) is 52.7 cm³/mol. The Kier molecular flexibility index (Phi) is 3.72. The topological polar surface area (TPSA) is 0 Å². The van der Waals surface area contributed by atoms with Crippen molar-refractivity contribution >= 4 is 15.9 Å². The van der Waals surface area contributed by atoms with E-state index in [4.69, 9.17) is 0 Å². The van der Waals surface area contributed by atoms with Gasteiger partial charge in [-0.2, -0.15) is 0 Å². The van der Waals surface area contributed by atoms with E-state index in [0.29, 0.717) is 4.83 Å². The highest BCUT2D eigenvalue weighted by molar-refractivity contribution is 9.09. The van der Waals surface area contributed by atoms with Crippen molar-refractivity contribution in [2.45, 2.75) is 37.4 Å². The van der Waals surface area contributed by atoms with Crippen LogP contribution in [-0.4, -0.2) is 4.83 Å². The molecule has 1 aliphatic rings. The Morgan fingerprint density at radius 3 is 3.00 bits per heavy atom. The monoisotopic (exact) mass is 212 g/mol. The first kappa shape index (κ1) is 8.87. The van der Waals surface area contributed by atoms with Crippen LogP contribution in [0.2, 0.25) is 0 Å². The van der Waals surface area contributed by atoms with E-state index in [1.165, 1.54) is 31.3 Å². The molecule has 0 nitrogen and oxygen atoms in total. The molecule has 0 radical (unpaired) electrons. The Morgan fingerprint density at radius 1 is 1.55 bits per heavy atom. The van der Waals surface area contributed by atoms with Gasteiger partial charge >= 0.3 is 0 Å². The lowest BCUT2D eigenvalue weighted by molar-refractivity contribution is 0.614. The Hall–Kier alpha value is -0.220. The van der Waals surface area contributed by atoms with Gasteiger partial charge in [-0.15, -0.1) is 5.92 Å². The van der Waals surface area contributed by atoms with Gasteiger partial charge in [0.05, 0.1) is 0 Å². The van der Waals surface area contributed by atoms with Crippen molar-refractivity contribution in [2.24, 2.45) is 0 Å². The summed E-state index contributed by atoms with van der Waals surface area (Å²) < 4.78 is 0. The van der Waals surface area contributed by atoms with E-state index < -0.39 is 0 Å². The zero-order valence-corrected chi connectivity index (χ0v) is 8.45. The highest BCUT2D eigenvalue weighted by Crippen LogP contribution is 2.28. The Morgan fingerprint density at radius 2 is 2.36 bits per heavy atom. The van der Waals surface area contributed by atoms with Crippen LogP contribution in [0.4, 0.5) is 0 Å². The highest BCUT2D eigenvalue weighted by Gasteiger charge is 2.14. The highest BCUT2D eigenvalue weighted by atomic mass is 79.9. The van der Waals surface area contributed by atoms with Crippen LogP contribution in [0.25, 0.3) is 0 Å². The molecule has 0 spiro atoms. The van der Waals surface area contributed by atoms with Gasteiger partial charge in [-0.3, -0.25) is 0 Å². The molecule has 1 unspecified atom stereocenters. The molecule has 0 aromatic heterocycles. The zero-order valence-electron chi connectivity index (χ0n) is 6.86. The maximum absolute atomic E-state index is 3.65. The lowest BCUT2D eigenvalue weighted by Gasteiger charge is -2.18. The Labute approximate surface area is 77.2 Å². The molecule has 0 amide bonds. The quantitative estimate of drug-likeness (QED) is 0.428. The molecule has 0 aromatic rings. The van der Waals surface area contributed by atoms with Crippen LogP contribution < -0.4 is 0 Å². The number of halogens is 1. The minimum absolute atomic E-state index is 0.595. The Balaban J connectivity index is 2.58. The van der Waals surface area contributed by atoms with Crippen LogP contribution >= 0.6 is 15.9 Å². The van der Waals surface area contributed by atoms with Gasteiger partial charge in [0.1, 0.15) is 0 Å². The molecule has 1 aliphatic carbocycles. The van der Waals surface area contributed by atoms with Crippen molar-refractivity contribution in [1.29, 1.82) is 0 Å². The van der Waals surface area contributed by atoms with Crippen LogP contribution in [-0.2, 0) is 0 Å². The van der Waals surface area contributed by atoms with E-state index in [1.54, 1.807) is 0 Å². The van der Waals surface area contributed by atoms with E-state index in [2.05, 4.69) is 33.8 Å². The SMILES string of the molecule is CC#C/C=C1/CCCCC1Br. The molecule has 0 bridgehead atoms. The molecule has 1 rings (SSSR count). The first-order valence-corrected chi connectivity index (χ1v) is 5.01. The molecule has 1 heteroatoms. The first-order chi connectivity index (χ1) is 5.34. The predicted octanol–water partition coefficient (Wildman–Crippen LogP) is 3.27. The molecule has 1 atom stereocenters. The summed E-state index contributed by atoms with van der Waals surface area (Å²) in [6, 6.07) is 0. The van der Waals surface area contributed by atoms with Gasteiger partial charge in [-0.1, -0.05) is 28.3 Å². The summed E-state index contributed by atoms with van der Waals surface area (Å²) in [5, 5.41) is 0. The van der Waals surface area contributed by atoms with E-state index >= 15 is 0 Å². The second kappa shape index (κ2) is 4.62. The maximum atomic E-state index is 3.65. The van der Waals surface area contributed by atoms with Crippen molar-refractivity contribution < 1.29 is 0 Å². The lowest BCUT2D eigenvalue weighted by atomic mass is 9.95. The summed E-state index contributed by atoms with van der Waals surface area (Å²) >= 11 is 3.65. The van der Waals surface area contributed by atoms with Gasteiger partial charge < -0.3 is 0 Å². The minimum Gasteiger partial charge on any atom is -0.102 e. The van der Waals surface area contributed by atoms with Gasteiger partial charge in [-0.05, 0) is 37.8 Å². The largest absolute Gasteiger partial charge is 0.102 e. The molecule has 0 aliphatic heterocycles. The standard InChI is InChI=1S/C10H13Br/c1-2-3-6-9-7-4-5-8-10(9)11/h6,10H,4-5,7-8H2,1H3/b9-6-. The molecular formula is C10H13Br. The molecule has 0 N–H and O–H groups in total. The van der Waals surface area contributed by atoms with Crippen molar-refractivity contribution in [2.75, 3.05) is 0 Å². The first-order valence-electron chi connectivity index (χ1n) is 4.10. The zero-order chi connectivity index (χ0) is 8.10. The third kappa shape index (κ3) is 2.71. The van der Waals surface area contributed by atoms with Crippen LogP contribution in [0.1, 0.15) is 32.6 Å². The Bertz CT molecular complexity index is 205. The second-order valence-corrected chi connectivity index (χ2v) is 3.93. The smallest absolute Gasteiger partial charge is 0.0363 e. The molecule has 0 heterocycles. The fraction of sp³-hybridized carbons (Fsp3) is 0.600. The average Bonchev–Trinajstić information content (AvgIpc) is 2.03. The lowest BCUT2D eigenvalue weighted by Crippen LogP contribution is -2.07. The summed E-state index contributed by atoms with van der Waals surface area (Å²) in [7, 11) is 0. The fourth-order valence-electron chi connectivity index (χ4n) is 1.32. The third-order valence-corrected chi connectivity index (χ3v) is 3.02. The second-order valence-electron chi connectivity index (χ2n) is 2.83. The summed E-state index contributed by atoms with van der Waals surface area (Å²) in [6.07, 6.45) is 7.26. The molecule has 60 valence electrons. The number of rotatable bonds is 0. The molecule has 0 aromatic carbocycles. The summed E-state index contributed by atoms with van der Waals surface area (Å²) in [5.41, 5.74) is 1.48. The number of hydrogen-bond donors (Lipinski definition) is 0. The normalized spacial score (nSPS) is 27.8. The van der Waals surface area contributed by atoms with Crippen LogP contribution in [0, 0.1) is 11.8 Å². The van der Waals surface area contributed by atoms with E-state index in [9.17, 15) is 0 Å². The van der Waals surface area contributed by atoms with Gasteiger partial charge in [0.25, 0.3) is 0 Å². The van der Waals surface area contributed by atoms with Crippen molar-refractivity contribution in [1.82, 2.24) is 0 Å². The van der Waals surface area contributed by atoms with E-state index in [1.807, 2.05) is 6.92 Å². The van der Waals surface area contributed by atoms with Gasteiger partial charge in [0, 0.05) is 4.83 Å². The molecule has 1 saturated carbocycles. The average molecular weight is 213 g/mol. The number of hydrogen-bond acceptors (Lipinski definition) is 0. The third-order valence-electron chi connectivity index (χ3n) is 1.98. The van der Waals surface area contributed by atoms with Crippen molar-refractivity contribution in [3.63, 3.8) is 0 Å². The van der Waals surface area contributed by atoms with Crippen LogP contribution in [0.15, 0.2) is 11.6 Å². The van der Waals surface area contributed by atoms with Crippen molar-refractivity contribution in [3.05, 3.63) is 11.6 Å². The summed E-state index contributed by atoms with van der Waals surface area (Å²) in [4.78, 5) is 0.595. The maximum Gasteiger partial charge on any atom is 0.0363 e. The minimum atomic E-state index is 0.595.